The summed E-state index contributed by atoms with van der Waals surface area (Å²) in [5.74, 6) is -3.56. The van der Waals surface area contributed by atoms with E-state index in [1.54, 1.807) is 0 Å². The van der Waals surface area contributed by atoms with E-state index in [0.29, 0.717) is 0 Å². The smallest absolute Gasteiger partial charge is 0.436 e. The summed E-state index contributed by atoms with van der Waals surface area (Å²) in [4.78, 5) is 2.51. The number of alkyl halides is 5. The molecule has 8 heteroatoms. The maximum absolute atomic E-state index is 12.9. The zero-order chi connectivity index (χ0) is 11.8. The highest BCUT2D eigenvalue weighted by Crippen LogP contribution is 2.37. The third kappa shape index (κ3) is 2.13. The second kappa shape index (κ2) is 3.59. The summed E-state index contributed by atoms with van der Waals surface area (Å²) in [7, 11) is 0. The lowest BCUT2D eigenvalue weighted by molar-refractivity contribution is -0.144. The number of halogens is 6. The van der Waals surface area contributed by atoms with Gasteiger partial charge in [-0.1, -0.05) is 0 Å². The van der Waals surface area contributed by atoms with Crippen LogP contribution < -0.4 is 0 Å². The van der Waals surface area contributed by atoms with Gasteiger partial charge in [-0.05, 0) is 0 Å². The Morgan fingerprint density at radius 1 is 1.27 bits per heavy atom. The molecule has 1 rings (SSSR count). The summed E-state index contributed by atoms with van der Waals surface area (Å²) < 4.78 is 73.0. The van der Waals surface area contributed by atoms with Crippen molar-refractivity contribution in [3.63, 3.8) is 0 Å². The van der Waals surface area contributed by atoms with Crippen LogP contribution in [0.25, 0.3) is 0 Å². The Kier molecular flexibility index (Phi) is 2.78. The zero-order valence-electron chi connectivity index (χ0n) is 6.82. The zero-order valence-corrected chi connectivity index (χ0v) is 6.82. The van der Waals surface area contributed by atoms with Crippen molar-refractivity contribution in [1.29, 1.82) is 0 Å². The summed E-state index contributed by atoms with van der Waals surface area (Å²) >= 11 is 0. The summed E-state index contributed by atoms with van der Waals surface area (Å²) in [5, 5.41) is 8.70. The molecule has 0 aliphatic heterocycles. The van der Waals surface area contributed by atoms with Gasteiger partial charge in [-0.3, -0.25) is 0 Å². The Morgan fingerprint density at radius 2 is 1.80 bits per heavy atom. The molecule has 2 nitrogen and oxygen atoms in total. The molecule has 84 valence electrons. The van der Waals surface area contributed by atoms with Crippen LogP contribution in [0.4, 0.5) is 26.3 Å². The van der Waals surface area contributed by atoms with Gasteiger partial charge in [0.1, 0.15) is 5.75 Å². The maximum atomic E-state index is 12.9. The van der Waals surface area contributed by atoms with Crippen molar-refractivity contribution in [1.82, 2.24) is 4.98 Å². The van der Waals surface area contributed by atoms with Crippen LogP contribution in [-0.4, -0.2) is 10.1 Å². The summed E-state index contributed by atoms with van der Waals surface area (Å²) in [6, 6.07) is 0. The van der Waals surface area contributed by atoms with E-state index in [0.717, 1.165) is 0 Å². The highest BCUT2D eigenvalue weighted by Gasteiger charge is 2.39. The van der Waals surface area contributed by atoms with E-state index in [1.165, 1.54) is 0 Å². The van der Waals surface area contributed by atoms with Crippen molar-refractivity contribution in [3.8, 4) is 5.75 Å². The number of nitrogens with zero attached hydrogens (tertiary/aromatic N) is 1. The van der Waals surface area contributed by atoms with E-state index in [-0.39, 0.29) is 6.20 Å². The molecule has 1 N–H and O–H groups in total. The van der Waals surface area contributed by atoms with Crippen LogP contribution >= 0.6 is 0 Å². The van der Waals surface area contributed by atoms with Crippen LogP contribution in [0.1, 0.15) is 17.7 Å². The topological polar surface area (TPSA) is 33.1 Å². The van der Waals surface area contributed by atoms with Gasteiger partial charge in [0, 0.05) is 0 Å². The Hall–Kier alpha value is -1.47. The fourth-order valence-electron chi connectivity index (χ4n) is 0.897. The minimum atomic E-state index is -5.18. The molecule has 15 heavy (non-hydrogen) atoms. The van der Waals surface area contributed by atoms with Crippen molar-refractivity contribution in [2.75, 3.05) is 0 Å². The van der Waals surface area contributed by atoms with Gasteiger partial charge < -0.3 is 5.11 Å². The van der Waals surface area contributed by atoms with E-state index >= 15 is 0 Å². The molecule has 0 unspecified atom stereocenters. The van der Waals surface area contributed by atoms with E-state index < -0.39 is 35.4 Å². The first-order valence-corrected chi connectivity index (χ1v) is 3.48. The quantitative estimate of drug-likeness (QED) is 0.754. The maximum Gasteiger partial charge on any atom is 0.436 e. The summed E-state index contributed by atoms with van der Waals surface area (Å²) in [6.45, 7) is 0. The van der Waals surface area contributed by atoms with E-state index in [9.17, 15) is 26.3 Å². The predicted octanol–water partition coefficient (Wildman–Crippen LogP) is 2.88. The third-order valence-electron chi connectivity index (χ3n) is 1.52. The lowest BCUT2D eigenvalue weighted by Gasteiger charge is -2.10. The lowest BCUT2D eigenvalue weighted by atomic mass is 10.2. The van der Waals surface area contributed by atoms with Crippen molar-refractivity contribution >= 4 is 0 Å². The SMILES string of the molecule is Oc1cnc(C(F)(F)F)c(F)c1C(F)F. The molecule has 0 fully saturated rings. The van der Waals surface area contributed by atoms with E-state index in [2.05, 4.69) is 4.98 Å². The molecule has 0 spiro atoms. The van der Waals surface area contributed by atoms with Crippen LogP contribution in [0.3, 0.4) is 0 Å². The molecule has 0 atom stereocenters. The molecule has 0 aromatic carbocycles. The van der Waals surface area contributed by atoms with Crippen LogP contribution in [-0.2, 0) is 6.18 Å². The number of aromatic nitrogens is 1. The normalized spacial score (nSPS) is 12.2. The Balaban J connectivity index is 3.42. The summed E-state index contributed by atoms with van der Waals surface area (Å²) in [5.41, 5.74) is -3.77. The van der Waals surface area contributed by atoms with Gasteiger partial charge in [0.25, 0.3) is 6.43 Å². The first kappa shape index (κ1) is 11.6. The minimum absolute atomic E-state index is 0.132. The highest BCUT2D eigenvalue weighted by molar-refractivity contribution is 5.34. The minimum Gasteiger partial charge on any atom is -0.506 e. The van der Waals surface area contributed by atoms with E-state index in [4.69, 9.17) is 5.11 Å². The fourth-order valence-corrected chi connectivity index (χ4v) is 0.897. The van der Waals surface area contributed by atoms with Crippen LogP contribution in [0.5, 0.6) is 5.75 Å². The van der Waals surface area contributed by atoms with Gasteiger partial charge in [-0.2, -0.15) is 13.2 Å². The van der Waals surface area contributed by atoms with Gasteiger partial charge in [0.2, 0.25) is 0 Å². The molecule has 1 heterocycles. The highest BCUT2D eigenvalue weighted by atomic mass is 19.4. The molecule has 0 aliphatic rings. The van der Waals surface area contributed by atoms with Gasteiger partial charge >= 0.3 is 6.18 Å². The Labute approximate surface area is 79.2 Å². The van der Waals surface area contributed by atoms with Gasteiger partial charge in [0.05, 0.1) is 11.8 Å². The fraction of sp³-hybridized carbons (Fsp3) is 0.286. The monoisotopic (exact) mass is 231 g/mol. The van der Waals surface area contributed by atoms with Crippen molar-refractivity contribution < 1.29 is 31.4 Å². The lowest BCUT2D eigenvalue weighted by Crippen LogP contribution is -2.13. The number of rotatable bonds is 1. The molecule has 1 aromatic heterocycles. The van der Waals surface area contributed by atoms with Crippen molar-refractivity contribution in [2.45, 2.75) is 12.6 Å². The number of hydrogen-bond acceptors (Lipinski definition) is 2. The average Bonchev–Trinajstić information content (AvgIpc) is 2.00. The molecule has 0 saturated carbocycles. The van der Waals surface area contributed by atoms with Crippen LogP contribution in [0, 0.1) is 5.82 Å². The Bertz CT molecular complexity index is 374. The largest absolute Gasteiger partial charge is 0.506 e. The van der Waals surface area contributed by atoms with Gasteiger partial charge in [-0.15, -0.1) is 0 Å². The molecule has 0 bridgehead atoms. The molecular weight excluding hydrogens is 228 g/mol. The average molecular weight is 231 g/mol. The molecule has 0 aliphatic carbocycles. The van der Waals surface area contributed by atoms with Crippen LogP contribution in [0.15, 0.2) is 6.20 Å². The number of hydrogen-bond donors (Lipinski definition) is 1. The molecule has 0 radical (unpaired) electrons. The molecule has 1 aromatic rings. The molecule has 0 amide bonds. The first-order chi connectivity index (χ1) is 6.75. The van der Waals surface area contributed by atoms with Crippen molar-refractivity contribution in [3.05, 3.63) is 23.3 Å². The van der Waals surface area contributed by atoms with E-state index in [1.807, 2.05) is 0 Å². The number of aromatic hydroxyl groups is 1. The van der Waals surface area contributed by atoms with Crippen molar-refractivity contribution in [2.24, 2.45) is 0 Å². The molecular formula is C7H3F6NO. The van der Waals surface area contributed by atoms with Gasteiger partial charge in [0.15, 0.2) is 11.5 Å². The predicted molar refractivity (Wildman–Crippen MR) is 35.8 cm³/mol. The molecule has 0 saturated heterocycles. The Morgan fingerprint density at radius 3 is 2.20 bits per heavy atom. The summed E-state index contributed by atoms with van der Waals surface area (Å²) in [6.07, 6.45) is -8.59. The third-order valence-corrected chi connectivity index (χ3v) is 1.52. The second-order valence-corrected chi connectivity index (χ2v) is 2.52. The first-order valence-electron chi connectivity index (χ1n) is 3.48. The second-order valence-electron chi connectivity index (χ2n) is 2.52. The van der Waals surface area contributed by atoms with Crippen LogP contribution in [0.2, 0.25) is 0 Å². The van der Waals surface area contributed by atoms with Gasteiger partial charge in [-0.25, -0.2) is 18.2 Å². The standard InChI is InChI=1S/C7H3F6NO/c8-4-3(6(9)10)2(15)1-14-5(4)7(11,12)13/h1,6,15H. The number of pyridine rings is 1.